The topological polar surface area (TPSA) is 88.7 Å². The van der Waals surface area contributed by atoms with E-state index < -0.39 is 6.36 Å². The number of halogens is 3. The molecule has 0 radical (unpaired) electrons. The molecule has 1 aromatic heterocycles. The minimum Gasteiger partial charge on any atom is -0.464 e. The Kier molecular flexibility index (Phi) is 7.61. The molecule has 1 aliphatic rings. The number of rotatable bonds is 6. The maximum absolute atomic E-state index is 12.1. The third kappa shape index (κ3) is 7.43. The molecule has 2 heterocycles. The van der Waals surface area contributed by atoms with E-state index in [-0.39, 0.29) is 23.1 Å². The lowest BCUT2D eigenvalue weighted by atomic mass is 10.1. The summed E-state index contributed by atoms with van der Waals surface area (Å²) in [6, 6.07) is 6.25. The Morgan fingerprint density at radius 1 is 1.36 bits per heavy atom. The molecule has 0 saturated heterocycles. The van der Waals surface area contributed by atoms with Crippen LogP contribution in [0.1, 0.15) is 12.5 Å². The molecular weight excluding hydrogens is 383 g/mol. The molecule has 8 nitrogen and oxygen atoms in total. The fourth-order valence-corrected chi connectivity index (χ4v) is 2.33. The molecule has 0 saturated carbocycles. The van der Waals surface area contributed by atoms with E-state index in [1.54, 1.807) is 18.3 Å². The highest BCUT2D eigenvalue weighted by atomic mass is 19.4. The van der Waals surface area contributed by atoms with Crippen LogP contribution < -0.4 is 9.47 Å². The number of aromatic nitrogens is 2. The van der Waals surface area contributed by atoms with Crippen molar-refractivity contribution in [3.05, 3.63) is 52.3 Å². The number of alkyl halides is 3. The molecule has 0 bridgehead atoms. The Bertz CT molecular complexity index is 749. The van der Waals surface area contributed by atoms with Gasteiger partial charge in [-0.15, -0.1) is 13.2 Å². The minimum absolute atomic E-state index is 0.0278. The molecule has 0 spiro atoms. The largest absolute Gasteiger partial charge is 0.573 e. The van der Waals surface area contributed by atoms with Crippen molar-refractivity contribution in [3.8, 4) is 11.8 Å². The van der Waals surface area contributed by atoms with Gasteiger partial charge in [0.1, 0.15) is 5.75 Å². The quantitative estimate of drug-likeness (QED) is 0.543. The average molecular weight is 403 g/mol. The molecule has 1 atom stereocenters. The lowest BCUT2D eigenvalue weighted by molar-refractivity contribution is -0.475. The van der Waals surface area contributed by atoms with E-state index >= 15 is 0 Å². The Balaban J connectivity index is 0.000000500. The van der Waals surface area contributed by atoms with Crippen molar-refractivity contribution in [3.63, 3.8) is 0 Å². The number of nitrogens with zero attached hydrogens (tertiary/aromatic N) is 3. The number of fused-ring (bicyclic) bond motifs is 1. The molecule has 11 heteroatoms. The highest BCUT2D eigenvalue weighted by Gasteiger charge is 2.30. The van der Waals surface area contributed by atoms with E-state index in [0.717, 1.165) is 12.1 Å². The first-order valence-electron chi connectivity index (χ1n) is 8.45. The predicted molar refractivity (Wildman–Crippen MR) is 91.5 cm³/mol. The van der Waals surface area contributed by atoms with Crippen LogP contribution in [0.5, 0.6) is 11.8 Å². The average Bonchev–Trinajstić information content (AvgIpc) is 3.10. The summed E-state index contributed by atoms with van der Waals surface area (Å²) in [5, 5.41) is 9.17. The molecule has 1 aliphatic heterocycles. The fraction of sp³-hybridized carbons (Fsp3) is 0.471. The van der Waals surface area contributed by atoms with Gasteiger partial charge in [-0.2, -0.15) is 0 Å². The van der Waals surface area contributed by atoms with Crippen LogP contribution in [0, 0.1) is 16.0 Å². The summed E-state index contributed by atoms with van der Waals surface area (Å²) in [7, 11) is 0. The van der Waals surface area contributed by atoms with Gasteiger partial charge in [0.15, 0.2) is 0 Å². The summed E-state index contributed by atoms with van der Waals surface area (Å²) in [6.07, 6.45) is -1.14. The molecule has 0 N–H and O–H groups in total. The number of hydrogen-bond acceptors (Lipinski definition) is 6. The van der Waals surface area contributed by atoms with Crippen LogP contribution in [0.15, 0.2) is 36.7 Å². The van der Waals surface area contributed by atoms with Crippen LogP contribution in [-0.4, -0.2) is 40.6 Å². The zero-order chi connectivity index (χ0) is 20.6. The molecule has 2 aromatic rings. The van der Waals surface area contributed by atoms with Crippen molar-refractivity contribution in [2.45, 2.75) is 26.4 Å². The van der Waals surface area contributed by atoms with Gasteiger partial charge in [-0.3, -0.25) is 10.1 Å². The van der Waals surface area contributed by atoms with Gasteiger partial charge in [-0.1, -0.05) is 12.1 Å². The first kappa shape index (κ1) is 21.5. The van der Waals surface area contributed by atoms with Crippen LogP contribution in [0.4, 0.5) is 13.2 Å². The van der Waals surface area contributed by atoms with Crippen LogP contribution >= 0.6 is 0 Å². The molecule has 3 rings (SSSR count). The highest BCUT2D eigenvalue weighted by molar-refractivity contribution is 5.27. The maximum atomic E-state index is 12.1. The maximum Gasteiger partial charge on any atom is 0.573 e. The van der Waals surface area contributed by atoms with E-state index in [2.05, 4.69) is 9.72 Å². The summed E-state index contributed by atoms with van der Waals surface area (Å²) >= 11 is 0. The number of ether oxygens (including phenoxy) is 3. The molecule has 0 fully saturated rings. The minimum atomic E-state index is -4.68. The summed E-state index contributed by atoms with van der Waals surface area (Å²) in [4.78, 5) is 12.9. The molecule has 1 unspecified atom stereocenters. The van der Waals surface area contributed by atoms with E-state index in [4.69, 9.17) is 9.47 Å². The lowest BCUT2D eigenvalue weighted by Gasteiger charge is -2.23. The van der Waals surface area contributed by atoms with Gasteiger partial charge in [-0.05, 0) is 17.7 Å². The number of benzene rings is 1. The van der Waals surface area contributed by atoms with Crippen molar-refractivity contribution in [1.82, 2.24) is 9.55 Å². The van der Waals surface area contributed by atoms with Gasteiger partial charge < -0.3 is 18.8 Å². The molecule has 0 aliphatic carbocycles. The van der Waals surface area contributed by atoms with Crippen LogP contribution in [0.3, 0.4) is 0 Å². The zero-order valence-electron chi connectivity index (χ0n) is 15.1. The Hall–Kier alpha value is -2.82. The van der Waals surface area contributed by atoms with Gasteiger partial charge in [0.05, 0.1) is 19.8 Å². The second kappa shape index (κ2) is 9.93. The first-order valence-corrected chi connectivity index (χ1v) is 8.45. The molecule has 0 amide bonds. The molecule has 154 valence electrons. The Morgan fingerprint density at radius 3 is 2.64 bits per heavy atom. The second-order valence-electron chi connectivity index (χ2n) is 5.90. The van der Waals surface area contributed by atoms with E-state index in [0.29, 0.717) is 25.8 Å². The van der Waals surface area contributed by atoms with Gasteiger partial charge in [0, 0.05) is 36.7 Å². The van der Waals surface area contributed by atoms with Crippen LogP contribution in [0.2, 0.25) is 0 Å². The van der Waals surface area contributed by atoms with Crippen molar-refractivity contribution in [2.24, 2.45) is 5.92 Å². The molecule has 28 heavy (non-hydrogen) atoms. The summed E-state index contributed by atoms with van der Waals surface area (Å²) in [6.45, 7) is 3.65. The smallest absolute Gasteiger partial charge is 0.464 e. The van der Waals surface area contributed by atoms with Crippen molar-refractivity contribution in [2.75, 3.05) is 19.8 Å². The van der Waals surface area contributed by atoms with Crippen molar-refractivity contribution >= 4 is 0 Å². The van der Waals surface area contributed by atoms with Crippen LogP contribution in [-0.2, 0) is 17.9 Å². The van der Waals surface area contributed by atoms with Crippen LogP contribution in [0.25, 0.3) is 0 Å². The monoisotopic (exact) mass is 403 g/mol. The summed E-state index contributed by atoms with van der Waals surface area (Å²) in [5.41, 5.74) is 0.777. The van der Waals surface area contributed by atoms with E-state index in [9.17, 15) is 23.3 Å². The fourth-order valence-electron chi connectivity index (χ4n) is 2.33. The standard InChI is InChI=1S/C15H15F3N2O3.C2H5NO2/c16-15(17,18)23-13-3-1-11(2-4-13)8-21-9-12-7-20-6-5-19-14(20)22-10-12;1-2-3(4)5/h1-6,12H,7-10H2;2H2,1H3. The van der Waals surface area contributed by atoms with Gasteiger partial charge in [0.2, 0.25) is 6.54 Å². The number of nitro groups is 1. The van der Waals surface area contributed by atoms with E-state index in [1.165, 1.54) is 19.1 Å². The van der Waals surface area contributed by atoms with Gasteiger partial charge in [-0.25, -0.2) is 4.98 Å². The van der Waals surface area contributed by atoms with Crippen molar-refractivity contribution < 1.29 is 32.3 Å². The van der Waals surface area contributed by atoms with Crippen molar-refractivity contribution in [1.29, 1.82) is 0 Å². The third-order valence-corrected chi connectivity index (χ3v) is 3.62. The first-order chi connectivity index (χ1) is 13.3. The third-order valence-electron chi connectivity index (χ3n) is 3.62. The van der Waals surface area contributed by atoms with Gasteiger partial charge in [0.25, 0.3) is 6.01 Å². The highest BCUT2D eigenvalue weighted by Crippen LogP contribution is 2.23. The van der Waals surface area contributed by atoms with Gasteiger partial charge >= 0.3 is 6.36 Å². The molecular formula is C17H20F3N3O5. The second-order valence-corrected chi connectivity index (χ2v) is 5.90. The lowest BCUT2D eigenvalue weighted by Crippen LogP contribution is -2.28. The Morgan fingerprint density at radius 2 is 2.04 bits per heavy atom. The van der Waals surface area contributed by atoms with E-state index in [1.807, 2.05) is 10.8 Å². The molecule has 1 aromatic carbocycles. The summed E-state index contributed by atoms with van der Waals surface area (Å²) < 4.78 is 53.0. The Labute approximate surface area is 159 Å². The summed E-state index contributed by atoms with van der Waals surface area (Å²) in [5.74, 6) is -0.0286. The normalized spacial score (nSPS) is 15.6. The number of imidazole rings is 1. The number of hydrogen-bond donors (Lipinski definition) is 0. The predicted octanol–water partition coefficient (Wildman–Crippen LogP) is 3.29. The zero-order valence-corrected chi connectivity index (χ0v) is 15.1. The SMILES string of the molecule is CC[N+](=O)[O-].FC(F)(F)Oc1ccc(COCC2COc3nccn3C2)cc1.